The van der Waals surface area contributed by atoms with E-state index in [-0.39, 0.29) is 0 Å². The molecule has 3 rings (SSSR count). The molecule has 64 valence electrons. The third-order valence-electron chi connectivity index (χ3n) is 2.09. The van der Waals surface area contributed by atoms with Gasteiger partial charge < -0.3 is 5.21 Å². The highest BCUT2D eigenvalue weighted by atomic mass is 16.5. The van der Waals surface area contributed by atoms with Gasteiger partial charge in [-0.05, 0) is 11.2 Å². The number of rotatable bonds is 0. The van der Waals surface area contributed by atoms with Crippen molar-refractivity contribution in [3.05, 3.63) is 22.9 Å². The highest BCUT2D eigenvalue weighted by molar-refractivity contribution is 5.78. The lowest BCUT2D eigenvalue weighted by atomic mass is 10.1. The molecule has 0 radical (unpaired) electrons. The Labute approximate surface area is 72.5 Å². The number of nitrogens with one attached hydrogen (secondary N) is 1. The van der Waals surface area contributed by atoms with Crippen molar-refractivity contribution >= 4 is 16.7 Å². The van der Waals surface area contributed by atoms with Crippen molar-refractivity contribution in [1.82, 2.24) is 15.4 Å². The zero-order chi connectivity index (χ0) is 8.84. The van der Waals surface area contributed by atoms with Crippen molar-refractivity contribution in [3.8, 4) is 0 Å². The maximum atomic E-state index is 11.1. The van der Waals surface area contributed by atoms with E-state index in [0.29, 0.717) is 22.6 Å². The number of benzene rings is 1. The molecule has 1 aromatic carbocycles. The van der Waals surface area contributed by atoms with E-state index in [0.717, 1.165) is 11.1 Å². The average Bonchev–Trinajstić information content (AvgIpc) is 2.70. The highest BCUT2D eigenvalue weighted by Gasteiger charge is 2.20. The first-order valence-electron chi connectivity index (χ1n) is 3.83. The summed E-state index contributed by atoms with van der Waals surface area (Å²) in [7, 11) is 0. The summed E-state index contributed by atoms with van der Waals surface area (Å²) in [6.45, 7) is 0.432. The minimum Gasteiger partial charge on any atom is -0.594 e. The maximum Gasteiger partial charge on any atom is 0.252 e. The van der Waals surface area contributed by atoms with Crippen LogP contribution in [0.15, 0.2) is 17.2 Å². The molecule has 1 N–H and O–H groups in total. The third kappa shape index (κ3) is 0.765. The Hall–Kier alpha value is -1.98. The van der Waals surface area contributed by atoms with Gasteiger partial charge >= 0.3 is 0 Å². The quantitative estimate of drug-likeness (QED) is 0.480. The van der Waals surface area contributed by atoms with Crippen molar-refractivity contribution in [3.63, 3.8) is 0 Å². The lowest BCUT2D eigenvalue weighted by molar-refractivity contribution is -0.435. The maximum absolute atomic E-state index is 11.1. The van der Waals surface area contributed by atoms with E-state index in [2.05, 4.69) is 20.5 Å². The summed E-state index contributed by atoms with van der Waals surface area (Å²) in [6.07, 6.45) is 0. The van der Waals surface area contributed by atoms with Crippen LogP contribution in [0.25, 0.3) is 11.0 Å². The van der Waals surface area contributed by atoms with Crippen molar-refractivity contribution in [1.29, 1.82) is 0 Å². The Balaban J connectivity index is 2.39. The van der Waals surface area contributed by atoms with Crippen molar-refractivity contribution in [2.24, 2.45) is 5.11 Å². The molecule has 0 spiro atoms. The Kier molecular flexibility index (Phi) is 1.02. The summed E-state index contributed by atoms with van der Waals surface area (Å²) in [6, 6.07) is 3.52. The van der Waals surface area contributed by atoms with Gasteiger partial charge in [-0.15, -0.1) is 0 Å². The van der Waals surface area contributed by atoms with E-state index in [4.69, 9.17) is 0 Å². The zero-order valence-corrected chi connectivity index (χ0v) is 6.56. The van der Waals surface area contributed by atoms with E-state index < -0.39 is 0 Å². The van der Waals surface area contributed by atoms with Crippen LogP contribution in [0.2, 0.25) is 0 Å². The number of nitrogens with zero attached hydrogens (tertiary/aromatic N) is 4. The van der Waals surface area contributed by atoms with E-state index in [9.17, 15) is 5.21 Å². The van der Waals surface area contributed by atoms with Crippen LogP contribution in [0, 0.1) is 5.21 Å². The summed E-state index contributed by atoms with van der Waals surface area (Å²) in [4.78, 5) is 0.628. The Bertz CT molecular complexity index is 515. The smallest absolute Gasteiger partial charge is 0.252 e. The molecule has 0 saturated heterocycles. The van der Waals surface area contributed by atoms with Gasteiger partial charge in [-0.25, -0.2) is 0 Å². The summed E-state index contributed by atoms with van der Waals surface area (Å²) in [5, 5.41) is 25.2. The zero-order valence-electron chi connectivity index (χ0n) is 6.56. The topological polar surface area (TPSA) is 80.0 Å². The fourth-order valence-electron chi connectivity index (χ4n) is 1.44. The summed E-state index contributed by atoms with van der Waals surface area (Å²) in [5.41, 5.74) is 2.93. The number of hydrogen-bond acceptors (Lipinski definition) is 4. The first-order chi connectivity index (χ1) is 6.34. The first kappa shape index (κ1) is 6.53. The van der Waals surface area contributed by atoms with Gasteiger partial charge in [0.1, 0.15) is 17.6 Å². The molecule has 1 aliphatic heterocycles. The largest absolute Gasteiger partial charge is 0.594 e. The molecule has 0 unspecified atom stereocenters. The summed E-state index contributed by atoms with van der Waals surface area (Å²) in [5.74, 6) is 0. The predicted molar refractivity (Wildman–Crippen MR) is 43.3 cm³/mol. The number of aromatic nitrogens is 3. The number of H-pyrrole nitrogens is 1. The molecule has 6 nitrogen and oxygen atoms in total. The van der Waals surface area contributed by atoms with Gasteiger partial charge in [0, 0.05) is 6.07 Å². The number of aromatic amines is 1. The Morgan fingerprint density at radius 1 is 1.31 bits per heavy atom. The molecule has 0 bridgehead atoms. The Morgan fingerprint density at radius 3 is 2.92 bits per heavy atom. The molecule has 2 aromatic rings. The van der Waals surface area contributed by atoms with E-state index in [1.54, 1.807) is 6.07 Å². The van der Waals surface area contributed by atoms with Gasteiger partial charge in [-0.1, -0.05) is 4.86 Å². The highest BCUT2D eigenvalue weighted by Crippen LogP contribution is 2.28. The van der Waals surface area contributed by atoms with Gasteiger partial charge in [0.2, 0.25) is 0 Å². The fourth-order valence-corrected chi connectivity index (χ4v) is 1.44. The van der Waals surface area contributed by atoms with Crippen LogP contribution in [0.3, 0.4) is 0 Å². The average molecular weight is 175 g/mol. The van der Waals surface area contributed by atoms with Gasteiger partial charge in [0.15, 0.2) is 0 Å². The molecule has 13 heavy (non-hydrogen) atoms. The summed E-state index contributed by atoms with van der Waals surface area (Å²) < 4.78 is 0. The molecule has 1 aliphatic rings. The Morgan fingerprint density at radius 2 is 2.08 bits per heavy atom. The van der Waals surface area contributed by atoms with Crippen LogP contribution in [0.1, 0.15) is 5.56 Å². The monoisotopic (exact) mass is 175 g/mol. The molecule has 0 saturated carbocycles. The van der Waals surface area contributed by atoms with Crippen LogP contribution in [0.5, 0.6) is 0 Å². The van der Waals surface area contributed by atoms with Crippen LogP contribution in [0.4, 0.5) is 5.69 Å². The molecule has 6 heteroatoms. The van der Waals surface area contributed by atoms with Gasteiger partial charge in [-0.2, -0.15) is 15.4 Å². The molecule has 0 amide bonds. The predicted octanol–water partition coefficient (Wildman–Crippen LogP) is 1.07. The number of azo groups is 1. The van der Waals surface area contributed by atoms with Crippen molar-refractivity contribution in [2.75, 3.05) is 0 Å². The molecule has 0 atom stereocenters. The van der Waals surface area contributed by atoms with E-state index in [1.165, 1.54) is 0 Å². The standard InChI is InChI=1S/C7H5N5O/c13-12-7-2-6-5(9-11-10-6)1-4(7)3-8-12/h1-2H,3H2,(H,9,10,11). The first-order valence-corrected chi connectivity index (χ1v) is 3.83. The van der Waals surface area contributed by atoms with Crippen molar-refractivity contribution < 1.29 is 4.86 Å². The number of fused-ring (bicyclic) bond motifs is 2. The molecular weight excluding hydrogens is 170 g/mol. The van der Waals surface area contributed by atoms with Crippen molar-refractivity contribution in [2.45, 2.75) is 6.54 Å². The van der Waals surface area contributed by atoms with Crippen LogP contribution in [-0.4, -0.2) is 20.3 Å². The summed E-state index contributed by atoms with van der Waals surface area (Å²) >= 11 is 0. The van der Waals surface area contributed by atoms with Crippen LogP contribution in [-0.2, 0) is 6.54 Å². The fraction of sp³-hybridized carbons (Fsp3) is 0.143. The lowest BCUT2D eigenvalue weighted by Crippen LogP contribution is -1.86. The second kappa shape index (κ2) is 2.03. The van der Waals surface area contributed by atoms with Gasteiger partial charge in [0.25, 0.3) is 5.69 Å². The molecular formula is C7H5N5O. The lowest BCUT2D eigenvalue weighted by Gasteiger charge is -1.94. The minimum atomic E-state index is 0.432. The third-order valence-corrected chi connectivity index (χ3v) is 2.09. The normalized spacial score (nSPS) is 14.6. The van der Waals surface area contributed by atoms with Gasteiger partial charge in [-0.3, -0.25) is 0 Å². The molecule has 0 fully saturated rings. The van der Waals surface area contributed by atoms with Crippen LogP contribution < -0.4 is 0 Å². The minimum absolute atomic E-state index is 0.432. The molecule has 2 heterocycles. The SMILES string of the molecule is [O-][N+]1=NCc2cc3n[nH]nc3cc21. The molecule has 1 aromatic heterocycles. The van der Waals surface area contributed by atoms with Gasteiger partial charge in [0.05, 0.1) is 5.56 Å². The number of hydrogen-bond donors (Lipinski definition) is 1. The van der Waals surface area contributed by atoms with E-state index in [1.807, 2.05) is 6.07 Å². The van der Waals surface area contributed by atoms with E-state index >= 15 is 0 Å². The second-order valence-electron chi connectivity index (χ2n) is 2.87. The second-order valence-corrected chi connectivity index (χ2v) is 2.87. The molecule has 0 aliphatic carbocycles. The van der Waals surface area contributed by atoms with Crippen LogP contribution >= 0.6 is 0 Å².